The molecule has 1 atom stereocenters. The molecule has 4 aromatic rings. The van der Waals surface area contributed by atoms with Crippen LogP contribution in [0.25, 0.3) is 17.1 Å². The molecule has 0 bridgehead atoms. The van der Waals surface area contributed by atoms with E-state index in [1.165, 1.54) is 42.1 Å². The van der Waals surface area contributed by atoms with E-state index >= 15 is 0 Å². The first-order valence-corrected chi connectivity index (χ1v) is 16.4. The monoisotopic (exact) mass is 733 g/mol. The van der Waals surface area contributed by atoms with Crippen molar-refractivity contribution in [2.75, 3.05) is 64.4 Å². The van der Waals surface area contributed by atoms with Crippen molar-refractivity contribution in [2.24, 2.45) is 13.0 Å². The summed E-state index contributed by atoms with van der Waals surface area (Å²) >= 11 is 12.5. The van der Waals surface area contributed by atoms with Gasteiger partial charge in [-0.1, -0.05) is 23.2 Å². The van der Waals surface area contributed by atoms with Gasteiger partial charge in [-0.3, -0.25) is 14.4 Å². The molecule has 0 saturated carbocycles. The lowest BCUT2D eigenvalue weighted by Crippen LogP contribution is -2.52. The molecule has 6 rings (SSSR count). The number of carbonyl (C=O) groups excluding carboxylic acids is 3. The Kier molecular flexibility index (Phi) is 9.30. The molecule has 50 heavy (non-hydrogen) atoms. The van der Waals surface area contributed by atoms with Gasteiger partial charge in [-0.05, 0) is 18.2 Å². The van der Waals surface area contributed by atoms with Crippen molar-refractivity contribution in [3.8, 4) is 17.1 Å². The van der Waals surface area contributed by atoms with E-state index in [0.717, 1.165) is 41.1 Å². The molecule has 0 radical (unpaired) electrons. The van der Waals surface area contributed by atoms with Crippen LogP contribution >= 0.6 is 23.2 Å². The average Bonchev–Trinajstić information content (AvgIpc) is 3.78. The van der Waals surface area contributed by atoms with Gasteiger partial charge in [-0.2, -0.15) is 18.3 Å². The minimum atomic E-state index is -4.85. The Labute approximate surface area is 294 Å². The number of nitrogen functional groups attached to an aromatic ring is 1. The SMILES string of the molecule is Cn1c(-c2cn(-c3cc(Cl)c(N)cn3)nc2C(F)(F)F)cnc1C(=O)Nc1ccc(C(=O)N2CCN(C(=O)C3CC[N+](C)(C)C3)CC2)c(Cl)c1. The third kappa shape index (κ3) is 7.00. The lowest BCUT2D eigenvalue weighted by atomic mass is 10.1. The first-order chi connectivity index (χ1) is 23.5. The Morgan fingerprint density at radius 1 is 1.00 bits per heavy atom. The van der Waals surface area contributed by atoms with Gasteiger partial charge in [0.1, 0.15) is 0 Å². The first kappa shape index (κ1) is 35.2. The molecule has 2 aliphatic heterocycles. The van der Waals surface area contributed by atoms with Crippen LogP contribution in [0.2, 0.25) is 10.0 Å². The van der Waals surface area contributed by atoms with Crippen LogP contribution in [0, 0.1) is 5.92 Å². The highest BCUT2D eigenvalue weighted by molar-refractivity contribution is 6.34. The fourth-order valence-electron chi connectivity index (χ4n) is 6.31. The van der Waals surface area contributed by atoms with Gasteiger partial charge in [0.15, 0.2) is 17.3 Å². The summed E-state index contributed by atoms with van der Waals surface area (Å²) in [5, 5.41) is 6.50. The molecule has 3 amide bonds. The van der Waals surface area contributed by atoms with Gasteiger partial charge in [-0.25, -0.2) is 14.6 Å². The van der Waals surface area contributed by atoms with Crippen molar-refractivity contribution in [3.63, 3.8) is 0 Å². The number of rotatable bonds is 6. The Hall–Kier alpha value is -4.67. The Morgan fingerprint density at radius 3 is 2.32 bits per heavy atom. The lowest BCUT2D eigenvalue weighted by molar-refractivity contribution is -0.878. The number of quaternary nitrogens is 1. The normalized spacial score (nSPS) is 17.6. The van der Waals surface area contributed by atoms with E-state index in [1.807, 2.05) is 4.90 Å². The number of likely N-dealkylation sites (tertiary alicyclic amines) is 1. The number of pyridine rings is 1. The fourth-order valence-corrected chi connectivity index (χ4v) is 6.72. The van der Waals surface area contributed by atoms with Crippen LogP contribution in [0.5, 0.6) is 0 Å². The predicted molar refractivity (Wildman–Crippen MR) is 180 cm³/mol. The molecule has 1 unspecified atom stereocenters. The number of hydrogen-bond acceptors (Lipinski definition) is 7. The van der Waals surface area contributed by atoms with Crippen molar-refractivity contribution in [1.29, 1.82) is 0 Å². The number of imidazole rings is 1. The van der Waals surface area contributed by atoms with Crippen LogP contribution < -0.4 is 11.1 Å². The molecule has 1 aromatic carbocycles. The van der Waals surface area contributed by atoms with Gasteiger partial charge in [0.05, 0.1) is 78.0 Å². The van der Waals surface area contributed by atoms with Gasteiger partial charge in [0.25, 0.3) is 11.8 Å². The predicted octanol–water partition coefficient (Wildman–Crippen LogP) is 4.21. The fraction of sp³-hybridized carbons (Fsp3) is 0.375. The van der Waals surface area contributed by atoms with E-state index in [0.29, 0.717) is 26.2 Å². The van der Waals surface area contributed by atoms with Gasteiger partial charge in [-0.15, -0.1) is 0 Å². The van der Waals surface area contributed by atoms with Crippen molar-refractivity contribution in [2.45, 2.75) is 12.6 Å². The number of nitrogens with zero attached hydrogens (tertiary/aromatic N) is 8. The number of alkyl halides is 3. The number of benzene rings is 1. The van der Waals surface area contributed by atoms with Crippen LogP contribution in [0.15, 0.2) is 42.9 Å². The molecule has 18 heteroatoms. The molecular weight excluding hydrogens is 700 g/mol. The second kappa shape index (κ2) is 13.2. The molecule has 3 aromatic heterocycles. The first-order valence-electron chi connectivity index (χ1n) is 15.6. The lowest BCUT2D eigenvalue weighted by Gasteiger charge is -2.36. The van der Waals surface area contributed by atoms with E-state index in [1.54, 1.807) is 4.90 Å². The number of hydrogen-bond donors (Lipinski definition) is 2. The molecule has 3 N–H and O–H groups in total. The smallest absolute Gasteiger partial charge is 0.396 e. The van der Waals surface area contributed by atoms with Crippen molar-refractivity contribution >= 4 is 52.3 Å². The molecule has 264 valence electrons. The van der Waals surface area contributed by atoms with Crippen molar-refractivity contribution in [1.82, 2.24) is 34.1 Å². The highest BCUT2D eigenvalue weighted by Crippen LogP contribution is 2.37. The maximum absolute atomic E-state index is 14.1. The average molecular weight is 735 g/mol. The molecule has 2 aliphatic rings. The summed E-state index contributed by atoms with van der Waals surface area (Å²) in [6.07, 6.45) is -0.549. The molecule has 2 fully saturated rings. The summed E-state index contributed by atoms with van der Waals surface area (Å²) in [6, 6.07) is 5.67. The summed E-state index contributed by atoms with van der Waals surface area (Å²) in [7, 11) is 5.63. The van der Waals surface area contributed by atoms with Gasteiger partial charge >= 0.3 is 6.18 Å². The van der Waals surface area contributed by atoms with Crippen LogP contribution in [-0.2, 0) is 18.0 Å². The topological polar surface area (TPSA) is 144 Å². The van der Waals surface area contributed by atoms with E-state index in [9.17, 15) is 27.6 Å². The van der Waals surface area contributed by atoms with Gasteiger partial charge in [0, 0.05) is 57.6 Å². The van der Waals surface area contributed by atoms with Crippen LogP contribution in [0.4, 0.5) is 24.5 Å². The minimum absolute atomic E-state index is 0.000196. The molecule has 0 spiro atoms. The van der Waals surface area contributed by atoms with E-state index in [4.69, 9.17) is 28.9 Å². The summed E-state index contributed by atoms with van der Waals surface area (Å²) in [4.78, 5) is 51.1. The van der Waals surface area contributed by atoms with E-state index in [-0.39, 0.29) is 67.6 Å². The zero-order chi connectivity index (χ0) is 36.1. The maximum Gasteiger partial charge on any atom is 0.435 e. The van der Waals surface area contributed by atoms with E-state index in [2.05, 4.69) is 34.5 Å². The number of aromatic nitrogens is 5. The molecular formula is C32H34Cl2F3N10O3+. The molecule has 5 heterocycles. The molecule has 2 saturated heterocycles. The standard InChI is InChI=1S/C32H33Cl2F3N10O3/c1-43-25(21-16-46(42-27(21)32(35,36)37)26-13-23(34)24(38)14-39-26)15-40-28(43)29(48)41-19-4-5-20(22(33)12-19)31(50)45-9-7-44(8-10-45)30(49)18-6-11-47(2,3)17-18/h4-5,12-16,18H,6-11,17,38H2,1-3H3/p+1. The number of halogens is 5. The highest BCUT2D eigenvalue weighted by Gasteiger charge is 2.40. The quantitative estimate of drug-likeness (QED) is 0.283. The summed E-state index contributed by atoms with van der Waals surface area (Å²) < 4.78 is 45.1. The van der Waals surface area contributed by atoms with Crippen LogP contribution in [-0.4, -0.2) is 110 Å². The third-order valence-electron chi connectivity index (χ3n) is 9.03. The number of amides is 3. The van der Waals surface area contributed by atoms with Gasteiger partial charge in [0.2, 0.25) is 5.91 Å². The maximum atomic E-state index is 14.1. The number of piperazine rings is 1. The molecule has 0 aliphatic carbocycles. The Bertz CT molecular complexity index is 1990. The van der Waals surface area contributed by atoms with Crippen LogP contribution in [0.3, 0.4) is 0 Å². The zero-order valence-corrected chi connectivity index (χ0v) is 28.9. The summed E-state index contributed by atoms with van der Waals surface area (Å²) in [6.45, 7) is 3.37. The largest absolute Gasteiger partial charge is 0.435 e. The van der Waals surface area contributed by atoms with E-state index < -0.39 is 17.8 Å². The van der Waals surface area contributed by atoms with Crippen molar-refractivity contribution < 1.29 is 32.0 Å². The molecule has 13 nitrogen and oxygen atoms in total. The van der Waals surface area contributed by atoms with Crippen LogP contribution in [0.1, 0.15) is 33.1 Å². The minimum Gasteiger partial charge on any atom is -0.396 e. The number of carbonyl (C=O) groups is 3. The Balaban J connectivity index is 1.13. The van der Waals surface area contributed by atoms with Crippen molar-refractivity contribution in [3.05, 3.63) is 70.0 Å². The summed E-state index contributed by atoms with van der Waals surface area (Å²) in [5.41, 5.74) is 4.68. The number of nitrogens with one attached hydrogen (secondary N) is 1. The van der Waals surface area contributed by atoms with Gasteiger partial charge < -0.3 is 29.9 Å². The highest BCUT2D eigenvalue weighted by atomic mass is 35.5. The number of anilines is 2. The Morgan fingerprint density at radius 2 is 1.70 bits per heavy atom. The number of nitrogens with two attached hydrogens (primary N) is 1. The second-order valence-corrected chi connectivity index (χ2v) is 13.8. The second-order valence-electron chi connectivity index (χ2n) is 13.0. The summed E-state index contributed by atoms with van der Waals surface area (Å²) in [5.74, 6) is -1.10. The zero-order valence-electron chi connectivity index (χ0n) is 27.3. The third-order valence-corrected chi connectivity index (χ3v) is 9.67.